The molecular formula is C16H24ClN. The number of nitrogens with two attached hydrogens (primary N) is 1. The first kappa shape index (κ1) is 13.9. The van der Waals surface area contributed by atoms with Crippen molar-refractivity contribution in [2.75, 3.05) is 0 Å². The minimum atomic E-state index is 0.185. The normalized spacial score (nSPS) is 25.9. The van der Waals surface area contributed by atoms with Gasteiger partial charge in [0, 0.05) is 11.1 Å². The maximum absolute atomic E-state index is 6.40. The standard InChI is InChI=1S/C16H24ClN/c1-2-3-12-4-6-13(7-5-12)16(18)14-8-10-15(17)11-9-14/h8-13,16H,2-7,18H2,1H3. The zero-order valence-electron chi connectivity index (χ0n) is 11.2. The molecule has 1 fully saturated rings. The summed E-state index contributed by atoms with van der Waals surface area (Å²) < 4.78 is 0. The van der Waals surface area contributed by atoms with Crippen LogP contribution in [0.1, 0.15) is 57.1 Å². The van der Waals surface area contributed by atoms with Crippen molar-refractivity contribution in [2.24, 2.45) is 17.6 Å². The van der Waals surface area contributed by atoms with Gasteiger partial charge >= 0.3 is 0 Å². The first-order valence-electron chi connectivity index (χ1n) is 7.21. The van der Waals surface area contributed by atoms with Gasteiger partial charge < -0.3 is 5.73 Å². The number of hydrogen-bond acceptors (Lipinski definition) is 1. The molecule has 1 unspecified atom stereocenters. The molecule has 0 heterocycles. The fraction of sp³-hybridized carbons (Fsp3) is 0.625. The molecule has 1 aromatic carbocycles. The van der Waals surface area contributed by atoms with Crippen LogP contribution in [0.3, 0.4) is 0 Å². The van der Waals surface area contributed by atoms with E-state index in [9.17, 15) is 0 Å². The predicted octanol–water partition coefficient (Wildman–Crippen LogP) is 4.95. The van der Waals surface area contributed by atoms with Crippen molar-refractivity contribution in [3.63, 3.8) is 0 Å². The molecular weight excluding hydrogens is 242 g/mol. The Morgan fingerprint density at radius 1 is 1.17 bits per heavy atom. The highest BCUT2D eigenvalue weighted by Crippen LogP contribution is 2.37. The molecule has 1 aliphatic rings. The molecule has 0 spiro atoms. The van der Waals surface area contributed by atoms with Gasteiger partial charge in [-0.25, -0.2) is 0 Å². The van der Waals surface area contributed by atoms with Crippen molar-refractivity contribution in [1.29, 1.82) is 0 Å². The quantitative estimate of drug-likeness (QED) is 0.819. The summed E-state index contributed by atoms with van der Waals surface area (Å²) >= 11 is 5.92. The van der Waals surface area contributed by atoms with E-state index < -0.39 is 0 Å². The van der Waals surface area contributed by atoms with Gasteiger partial charge in [-0.2, -0.15) is 0 Å². The molecule has 2 N–H and O–H groups in total. The highest BCUT2D eigenvalue weighted by atomic mass is 35.5. The van der Waals surface area contributed by atoms with Gasteiger partial charge in [0.2, 0.25) is 0 Å². The highest BCUT2D eigenvalue weighted by molar-refractivity contribution is 6.30. The van der Waals surface area contributed by atoms with Crippen molar-refractivity contribution < 1.29 is 0 Å². The van der Waals surface area contributed by atoms with E-state index in [0.29, 0.717) is 5.92 Å². The summed E-state index contributed by atoms with van der Waals surface area (Å²) in [5.41, 5.74) is 7.63. The lowest BCUT2D eigenvalue weighted by atomic mass is 9.76. The lowest BCUT2D eigenvalue weighted by molar-refractivity contribution is 0.234. The summed E-state index contributed by atoms with van der Waals surface area (Å²) in [5, 5.41) is 0.789. The molecule has 0 radical (unpaired) electrons. The maximum atomic E-state index is 6.40. The largest absolute Gasteiger partial charge is 0.324 e. The van der Waals surface area contributed by atoms with Gasteiger partial charge in [-0.15, -0.1) is 0 Å². The van der Waals surface area contributed by atoms with Gasteiger partial charge in [-0.1, -0.05) is 56.3 Å². The molecule has 1 saturated carbocycles. The number of halogens is 1. The summed E-state index contributed by atoms with van der Waals surface area (Å²) in [4.78, 5) is 0. The van der Waals surface area contributed by atoms with Crippen molar-refractivity contribution in [3.8, 4) is 0 Å². The summed E-state index contributed by atoms with van der Waals surface area (Å²) in [5.74, 6) is 1.60. The Morgan fingerprint density at radius 2 is 1.78 bits per heavy atom. The Morgan fingerprint density at radius 3 is 2.33 bits per heavy atom. The van der Waals surface area contributed by atoms with Crippen LogP contribution in [0.4, 0.5) is 0 Å². The lowest BCUT2D eigenvalue weighted by Crippen LogP contribution is -2.26. The van der Waals surface area contributed by atoms with Crippen LogP contribution in [0.5, 0.6) is 0 Å². The molecule has 1 nitrogen and oxygen atoms in total. The summed E-state index contributed by atoms with van der Waals surface area (Å²) in [7, 11) is 0. The second-order valence-electron chi connectivity index (χ2n) is 5.65. The lowest BCUT2D eigenvalue weighted by Gasteiger charge is -2.32. The Kier molecular flexibility index (Phi) is 5.08. The van der Waals surface area contributed by atoms with Crippen LogP contribution >= 0.6 is 11.6 Å². The number of hydrogen-bond donors (Lipinski definition) is 1. The molecule has 0 saturated heterocycles. The van der Waals surface area contributed by atoms with E-state index in [0.717, 1.165) is 10.9 Å². The predicted molar refractivity (Wildman–Crippen MR) is 78.7 cm³/mol. The molecule has 1 atom stereocenters. The Labute approximate surface area is 116 Å². The molecule has 2 heteroatoms. The fourth-order valence-electron chi connectivity index (χ4n) is 3.20. The molecule has 100 valence electrons. The van der Waals surface area contributed by atoms with E-state index in [-0.39, 0.29) is 6.04 Å². The highest BCUT2D eigenvalue weighted by Gasteiger charge is 2.25. The first-order valence-corrected chi connectivity index (χ1v) is 7.59. The Balaban J connectivity index is 1.91. The maximum Gasteiger partial charge on any atom is 0.0406 e. The Hall–Kier alpha value is -0.530. The average molecular weight is 266 g/mol. The summed E-state index contributed by atoms with van der Waals surface area (Å²) in [6, 6.07) is 8.22. The van der Waals surface area contributed by atoms with Crippen molar-refractivity contribution in [2.45, 2.75) is 51.5 Å². The van der Waals surface area contributed by atoms with Crippen molar-refractivity contribution in [3.05, 3.63) is 34.9 Å². The topological polar surface area (TPSA) is 26.0 Å². The van der Waals surface area contributed by atoms with Crippen molar-refractivity contribution >= 4 is 11.6 Å². The van der Waals surface area contributed by atoms with E-state index in [1.54, 1.807) is 0 Å². The monoisotopic (exact) mass is 265 g/mol. The summed E-state index contributed by atoms with van der Waals surface area (Å²) in [6.07, 6.45) is 8.00. The number of benzene rings is 1. The van der Waals surface area contributed by atoms with Crippen LogP contribution in [-0.4, -0.2) is 0 Å². The third-order valence-electron chi connectivity index (χ3n) is 4.35. The van der Waals surface area contributed by atoms with Gasteiger partial charge in [0.25, 0.3) is 0 Å². The molecule has 2 rings (SSSR count). The van der Waals surface area contributed by atoms with E-state index >= 15 is 0 Å². The zero-order valence-corrected chi connectivity index (χ0v) is 12.0. The van der Waals surface area contributed by atoms with E-state index in [1.165, 1.54) is 44.1 Å². The molecule has 1 aromatic rings. The fourth-order valence-corrected chi connectivity index (χ4v) is 3.33. The molecule has 0 aliphatic heterocycles. The van der Waals surface area contributed by atoms with Crippen LogP contribution in [0.15, 0.2) is 24.3 Å². The second kappa shape index (κ2) is 6.58. The molecule has 18 heavy (non-hydrogen) atoms. The van der Waals surface area contributed by atoms with E-state index in [1.807, 2.05) is 12.1 Å². The van der Waals surface area contributed by atoms with Gasteiger partial charge in [0.15, 0.2) is 0 Å². The van der Waals surface area contributed by atoms with Gasteiger partial charge in [0.05, 0.1) is 0 Å². The van der Waals surface area contributed by atoms with Crippen molar-refractivity contribution in [1.82, 2.24) is 0 Å². The van der Waals surface area contributed by atoms with Gasteiger partial charge in [0.1, 0.15) is 0 Å². The van der Waals surface area contributed by atoms with Crippen LogP contribution in [-0.2, 0) is 0 Å². The second-order valence-corrected chi connectivity index (χ2v) is 6.08. The van der Waals surface area contributed by atoms with Gasteiger partial charge in [-0.3, -0.25) is 0 Å². The smallest absolute Gasteiger partial charge is 0.0406 e. The van der Waals surface area contributed by atoms with Crippen LogP contribution in [0, 0.1) is 11.8 Å². The van der Waals surface area contributed by atoms with Crippen LogP contribution in [0.25, 0.3) is 0 Å². The average Bonchev–Trinajstić information content (AvgIpc) is 2.40. The van der Waals surface area contributed by atoms with E-state index in [2.05, 4.69) is 19.1 Å². The van der Waals surface area contributed by atoms with Gasteiger partial charge in [-0.05, 0) is 42.4 Å². The zero-order chi connectivity index (χ0) is 13.0. The number of rotatable bonds is 4. The molecule has 0 bridgehead atoms. The molecule has 0 aromatic heterocycles. The first-order chi connectivity index (χ1) is 8.70. The minimum Gasteiger partial charge on any atom is -0.324 e. The third kappa shape index (κ3) is 3.49. The summed E-state index contributed by atoms with van der Waals surface area (Å²) in [6.45, 7) is 2.28. The molecule has 0 amide bonds. The molecule has 1 aliphatic carbocycles. The van der Waals surface area contributed by atoms with E-state index in [4.69, 9.17) is 17.3 Å². The Bertz CT molecular complexity index is 352. The van der Waals surface area contributed by atoms with Crippen LogP contribution < -0.4 is 5.73 Å². The van der Waals surface area contributed by atoms with Crippen LogP contribution in [0.2, 0.25) is 5.02 Å². The minimum absolute atomic E-state index is 0.185. The third-order valence-corrected chi connectivity index (χ3v) is 4.60. The SMILES string of the molecule is CCCC1CCC(C(N)c2ccc(Cl)cc2)CC1.